The van der Waals surface area contributed by atoms with Crippen molar-refractivity contribution >= 4 is 38.1 Å². The number of carbonyl (C=O) groups excluding carboxylic acids is 1. The number of nitrogens with zero attached hydrogens (tertiary/aromatic N) is 1. The number of benzene rings is 1. The third-order valence-electron chi connectivity index (χ3n) is 4.40. The van der Waals surface area contributed by atoms with E-state index in [-0.39, 0.29) is 16.2 Å². The van der Waals surface area contributed by atoms with Crippen molar-refractivity contribution in [2.24, 2.45) is 0 Å². The highest BCUT2D eigenvalue weighted by Gasteiger charge is 2.33. The average molecular weight is 394 g/mol. The summed E-state index contributed by atoms with van der Waals surface area (Å²) in [6.07, 6.45) is 0.318. The van der Waals surface area contributed by atoms with Crippen molar-refractivity contribution in [2.75, 3.05) is 10.0 Å². The molecule has 8 heteroatoms. The number of hydrogen-bond donors (Lipinski definition) is 2. The van der Waals surface area contributed by atoms with Gasteiger partial charge in [0.1, 0.15) is 0 Å². The molecule has 1 aromatic heterocycles. The Morgan fingerprint density at radius 2 is 1.96 bits per heavy atom. The maximum Gasteiger partial charge on any atom is 0.263 e. The summed E-state index contributed by atoms with van der Waals surface area (Å²) in [5, 5.41) is 5.01. The summed E-state index contributed by atoms with van der Waals surface area (Å²) in [5.74, 6) is -0.0614. The SMILES string of the molecule is CC(C)(C)c1csc(NS(=O)(=O)c2ccc3c(c2)C(C)(C)CC(=O)N3)n1. The minimum absolute atomic E-state index is 0.0614. The molecule has 1 aromatic carbocycles. The first-order chi connectivity index (χ1) is 11.9. The number of sulfonamides is 1. The van der Waals surface area contributed by atoms with Crippen LogP contribution in [0.4, 0.5) is 10.8 Å². The molecule has 0 atom stereocenters. The summed E-state index contributed by atoms with van der Waals surface area (Å²) in [5.41, 5.74) is 1.75. The molecule has 0 saturated heterocycles. The minimum Gasteiger partial charge on any atom is -0.326 e. The van der Waals surface area contributed by atoms with E-state index in [4.69, 9.17) is 0 Å². The Kier molecular flexibility index (Phi) is 4.39. The van der Waals surface area contributed by atoms with Gasteiger partial charge in [0.2, 0.25) is 5.91 Å². The molecule has 3 rings (SSSR count). The Hall–Kier alpha value is -1.93. The molecule has 26 heavy (non-hydrogen) atoms. The van der Waals surface area contributed by atoms with Gasteiger partial charge in [-0.25, -0.2) is 13.4 Å². The average Bonchev–Trinajstić information content (AvgIpc) is 2.93. The van der Waals surface area contributed by atoms with Crippen LogP contribution in [0.15, 0.2) is 28.5 Å². The van der Waals surface area contributed by atoms with Crippen LogP contribution in [0.3, 0.4) is 0 Å². The first-order valence-corrected chi connectivity index (χ1v) is 10.7. The second-order valence-electron chi connectivity index (χ2n) is 8.21. The molecule has 2 aromatic rings. The number of amides is 1. The molecule has 0 fully saturated rings. The van der Waals surface area contributed by atoms with Gasteiger partial charge in [-0.1, -0.05) is 34.6 Å². The van der Waals surface area contributed by atoms with E-state index < -0.39 is 15.4 Å². The molecule has 0 unspecified atom stereocenters. The fourth-order valence-corrected chi connectivity index (χ4v) is 5.11. The van der Waals surface area contributed by atoms with Crippen molar-refractivity contribution in [3.8, 4) is 0 Å². The molecular formula is C18H23N3O3S2. The molecule has 6 nitrogen and oxygen atoms in total. The molecule has 1 aliphatic rings. The Bertz CT molecular complexity index is 970. The zero-order chi connectivity index (χ0) is 19.3. The first-order valence-electron chi connectivity index (χ1n) is 8.32. The van der Waals surface area contributed by atoms with Crippen LogP contribution in [-0.4, -0.2) is 19.3 Å². The highest BCUT2D eigenvalue weighted by molar-refractivity contribution is 7.93. The maximum absolute atomic E-state index is 12.8. The molecule has 140 valence electrons. The molecule has 0 radical (unpaired) electrons. The van der Waals surface area contributed by atoms with Gasteiger partial charge in [-0.3, -0.25) is 9.52 Å². The molecule has 2 N–H and O–H groups in total. The van der Waals surface area contributed by atoms with Crippen LogP contribution in [-0.2, 0) is 25.6 Å². The van der Waals surface area contributed by atoms with Crippen molar-refractivity contribution < 1.29 is 13.2 Å². The van der Waals surface area contributed by atoms with E-state index in [1.165, 1.54) is 17.4 Å². The Labute approximate surface area is 158 Å². The van der Waals surface area contributed by atoms with Crippen LogP contribution in [0.25, 0.3) is 0 Å². The third kappa shape index (κ3) is 3.61. The summed E-state index contributed by atoms with van der Waals surface area (Å²) < 4.78 is 28.1. The van der Waals surface area contributed by atoms with Crippen LogP contribution in [0.5, 0.6) is 0 Å². The van der Waals surface area contributed by atoms with Gasteiger partial charge in [-0.05, 0) is 23.8 Å². The molecule has 0 spiro atoms. The standard InChI is InChI=1S/C18H23N3O3S2/c1-17(2,3)14-10-25-16(20-14)21-26(23,24)11-6-7-13-12(8-11)18(4,5)9-15(22)19-13/h6-8,10H,9H2,1-5H3,(H,19,22)(H,20,21). The molecule has 1 aliphatic heterocycles. The molecule has 1 amide bonds. The van der Waals surface area contributed by atoms with E-state index in [0.29, 0.717) is 17.2 Å². The van der Waals surface area contributed by atoms with E-state index in [1.807, 2.05) is 40.0 Å². The van der Waals surface area contributed by atoms with Crippen LogP contribution in [0.2, 0.25) is 0 Å². The summed E-state index contributed by atoms with van der Waals surface area (Å²) in [6.45, 7) is 9.95. The maximum atomic E-state index is 12.8. The predicted molar refractivity (Wildman–Crippen MR) is 104 cm³/mol. The van der Waals surface area contributed by atoms with Crippen molar-refractivity contribution in [1.29, 1.82) is 0 Å². The Balaban J connectivity index is 1.93. The Morgan fingerprint density at radius 3 is 2.58 bits per heavy atom. The van der Waals surface area contributed by atoms with Gasteiger partial charge in [0, 0.05) is 28.3 Å². The van der Waals surface area contributed by atoms with E-state index in [9.17, 15) is 13.2 Å². The van der Waals surface area contributed by atoms with Gasteiger partial charge in [-0.2, -0.15) is 0 Å². The lowest BCUT2D eigenvalue weighted by molar-refractivity contribution is -0.117. The normalized spacial score (nSPS) is 16.7. The fraction of sp³-hybridized carbons (Fsp3) is 0.444. The summed E-state index contributed by atoms with van der Waals surface area (Å²) in [6, 6.07) is 4.78. The number of fused-ring (bicyclic) bond motifs is 1. The van der Waals surface area contributed by atoms with Crippen molar-refractivity contribution in [3.05, 3.63) is 34.8 Å². The number of rotatable bonds is 3. The molecule has 0 aliphatic carbocycles. The first kappa shape index (κ1) is 18.8. The number of carbonyl (C=O) groups is 1. The zero-order valence-corrected chi connectivity index (χ0v) is 17.1. The quantitative estimate of drug-likeness (QED) is 0.829. The summed E-state index contributed by atoms with van der Waals surface area (Å²) >= 11 is 1.27. The van der Waals surface area contributed by atoms with Crippen molar-refractivity contribution in [1.82, 2.24) is 4.98 Å². The predicted octanol–water partition coefficient (Wildman–Crippen LogP) is 3.86. The highest BCUT2D eigenvalue weighted by Crippen LogP contribution is 2.38. The number of aromatic nitrogens is 1. The fourth-order valence-electron chi connectivity index (χ4n) is 2.89. The minimum atomic E-state index is -3.76. The Morgan fingerprint density at radius 1 is 1.27 bits per heavy atom. The molecule has 0 bridgehead atoms. The van der Waals surface area contributed by atoms with Crippen molar-refractivity contribution in [3.63, 3.8) is 0 Å². The molecule has 0 saturated carbocycles. The third-order valence-corrected chi connectivity index (χ3v) is 6.62. The lowest BCUT2D eigenvalue weighted by atomic mass is 9.78. The summed E-state index contributed by atoms with van der Waals surface area (Å²) in [4.78, 5) is 16.3. The van der Waals surface area contributed by atoms with Crippen LogP contribution in [0, 0.1) is 0 Å². The second-order valence-corrected chi connectivity index (χ2v) is 10.8. The second kappa shape index (κ2) is 6.06. The van der Waals surface area contributed by atoms with Gasteiger partial charge in [0.15, 0.2) is 5.13 Å². The number of hydrogen-bond acceptors (Lipinski definition) is 5. The molecule has 2 heterocycles. The number of nitrogens with one attached hydrogen (secondary N) is 2. The summed E-state index contributed by atoms with van der Waals surface area (Å²) in [7, 11) is -3.76. The van der Waals surface area contributed by atoms with Crippen LogP contribution >= 0.6 is 11.3 Å². The van der Waals surface area contributed by atoms with E-state index in [2.05, 4.69) is 15.0 Å². The number of thiazole rings is 1. The van der Waals surface area contributed by atoms with E-state index in [0.717, 1.165) is 11.3 Å². The van der Waals surface area contributed by atoms with E-state index >= 15 is 0 Å². The van der Waals surface area contributed by atoms with Crippen LogP contribution in [0.1, 0.15) is 52.3 Å². The van der Waals surface area contributed by atoms with Gasteiger partial charge in [0.25, 0.3) is 10.0 Å². The van der Waals surface area contributed by atoms with Crippen molar-refractivity contribution in [2.45, 2.75) is 56.8 Å². The van der Waals surface area contributed by atoms with Gasteiger partial charge >= 0.3 is 0 Å². The largest absolute Gasteiger partial charge is 0.326 e. The highest BCUT2D eigenvalue weighted by atomic mass is 32.2. The van der Waals surface area contributed by atoms with E-state index in [1.54, 1.807) is 12.1 Å². The lowest BCUT2D eigenvalue weighted by Crippen LogP contribution is -2.32. The molecular weight excluding hydrogens is 370 g/mol. The smallest absolute Gasteiger partial charge is 0.263 e. The monoisotopic (exact) mass is 393 g/mol. The number of anilines is 2. The van der Waals surface area contributed by atoms with Gasteiger partial charge < -0.3 is 5.32 Å². The van der Waals surface area contributed by atoms with Gasteiger partial charge in [-0.15, -0.1) is 11.3 Å². The topological polar surface area (TPSA) is 88.2 Å². The lowest BCUT2D eigenvalue weighted by Gasteiger charge is -2.32. The van der Waals surface area contributed by atoms with Gasteiger partial charge in [0.05, 0.1) is 10.6 Å². The van der Waals surface area contributed by atoms with Crippen LogP contribution < -0.4 is 10.0 Å². The zero-order valence-electron chi connectivity index (χ0n) is 15.5.